The molecule has 0 bridgehead atoms. The lowest BCUT2D eigenvalue weighted by Crippen LogP contribution is -2.30. The zero-order chi connectivity index (χ0) is 9.97. The fraction of sp³-hybridized carbons (Fsp3) is 0.417. The Bertz CT molecular complexity index is 346. The maximum absolute atomic E-state index is 10.9. The molecule has 14 heavy (non-hydrogen) atoms. The summed E-state index contributed by atoms with van der Waals surface area (Å²) in [5, 5.41) is 0. The van der Waals surface area contributed by atoms with Gasteiger partial charge in [-0.05, 0) is 24.1 Å². The third-order valence-electron chi connectivity index (χ3n) is 2.96. The minimum absolute atomic E-state index is 0.862. The molecule has 0 radical (unpaired) electrons. The molecule has 0 N–H and O–H groups in total. The molecule has 0 saturated carbocycles. The molecule has 0 spiro atoms. The van der Waals surface area contributed by atoms with Crippen LogP contribution < -0.4 is 0 Å². The van der Waals surface area contributed by atoms with E-state index in [1.165, 1.54) is 11.1 Å². The molecule has 0 aromatic heterocycles. The smallest absolute Gasteiger partial charge is 0.150 e. The second-order valence-electron chi connectivity index (χ2n) is 3.72. The summed E-state index contributed by atoms with van der Waals surface area (Å²) in [5.74, 6) is 0. The largest absolute Gasteiger partial charge is 0.299 e. The minimum atomic E-state index is 0.862. The van der Waals surface area contributed by atoms with E-state index in [4.69, 9.17) is 0 Å². The van der Waals surface area contributed by atoms with Gasteiger partial charge in [-0.3, -0.25) is 9.69 Å². The van der Waals surface area contributed by atoms with Gasteiger partial charge in [-0.2, -0.15) is 0 Å². The third kappa shape index (κ3) is 1.58. The normalized spacial score (nSPS) is 16.4. The molecule has 1 aromatic carbocycles. The predicted molar refractivity (Wildman–Crippen MR) is 56.5 cm³/mol. The van der Waals surface area contributed by atoms with Gasteiger partial charge in [0, 0.05) is 18.7 Å². The van der Waals surface area contributed by atoms with Gasteiger partial charge in [-0.1, -0.05) is 25.1 Å². The summed E-state index contributed by atoms with van der Waals surface area (Å²) in [6.07, 6.45) is 2.04. The predicted octanol–water partition coefficient (Wildman–Crippen LogP) is 1.88. The van der Waals surface area contributed by atoms with Gasteiger partial charge in [0.2, 0.25) is 0 Å². The number of benzene rings is 1. The topological polar surface area (TPSA) is 20.3 Å². The average molecular weight is 189 g/mol. The Hall–Kier alpha value is -1.15. The van der Waals surface area contributed by atoms with Crippen molar-refractivity contribution >= 4 is 6.29 Å². The molecule has 2 rings (SSSR count). The van der Waals surface area contributed by atoms with Gasteiger partial charge >= 0.3 is 0 Å². The summed E-state index contributed by atoms with van der Waals surface area (Å²) in [6, 6.07) is 6.02. The first-order valence-electron chi connectivity index (χ1n) is 5.13. The van der Waals surface area contributed by atoms with Gasteiger partial charge in [0.15, 0.2) is 0 Å². The molecule has 1 heterocycles. The molecule has 0 aliphatic carbocycles. The van der Waals surface area contributed by atoms with E-state index in [1.807, 2.05) is 12.1 Å². The van der Waals surface area contributed by atoms with Crippen LogP contribution in [0.15, 0.2) is 18.2 Å². The maximum atomic E-state index is 10.9. The number of carbonyl (C=O) groups excluding carboxylic acids is 1. The first kappa shape index (κ1) is 9.41. The summed E-state index contributed by atoms with van der Waals surface area (Å²) >= 11 is 0. The van der Waals surface area contributed by atoms with Crippen molar-refractivity contribution in [2.75, 3.05) is 13.1 Å². The van der Waals surface area contributed by atoms with Crippen LogP contribution in [0.25, 0.3) is 0 Å². The van der Waals surface area contributed by atoms with Crippen LogP contribution >= 0.6 is 0 Å². The molecule has 1 aliphatic rings. The number of rotatable bonds is 2. The van der Waals surface area contributed by atoms with Crippen molar-refractivity contribution in [2.24, 2.45) is 0 Å². The van der Waals surface area contributed by atoms with Gasteiger partial charge in [-0.15, -0.1) is 0 Å². The van der Waals surface area contributed by atoms with Crippen LogP contribution in [-0.4, -0.2) is 24.3 Å². The molecular weight excluding hydrogens is 174 g/mol. The van der Waals surface area contributed by atoms with Crippen LogP contribution in [0.2, 0.25) is 0 Å². The second-order valence-corrected chi connectivity index (χ2v) is 3.72. The fourth-order valence-corrected chi connectivity index (χ4v) is 2.04. The lowest BCUT2D eigenvalue weighted by atomic mass is 9.95. The SMILES string of the molecule is CCN1CCc2cccc(C=O)c2C1. The fourth-order valence-electron chi connectivity index (χ4n) is 2.04. The van der Waals surface area contributed by atoms with Crippen molar-refractivity contribution in [1.29, 1.82) is 0 Å². The number of hydrogen-bond donors (Lipinski definition) is 0. The van der Waals surface area contributed by atoms with Crippen LogP contribution in [0, 0.1) is 0 Å². The lowest BCUT2D eigenvalue weighted by Gasteiger charge is -2.28. The van der Waals surface area contributed by atoms with E-state index in [1.54, 1.807) is 0 Å². The molecule has 2 nitrogen and oxygen atoms in total. The number of fused-ring (bicyclic) bond motifs is 1. The Morgan fingerprint density at radius 1 is 1.50 bits per heavy atom. The van der Waals surface area contributed by atoms with E-state index in [0.717, 1.165) is 37.9 Å². The summed E-state index contributed by atoms with van der Waals surface area (Å²) in [7, 11) is 0. The van der Waals surface area contributed by atoms with Crippen molar-refractivity contribution in [2.45, 2.75) is 19.9 Å². The van der Waals surface area contributed by atoms with Gasteiger partial charge in [0.1, 0.15) is 6.29 Å². The Morgan fingerprint density at radius 3 is 3.07 bits per heavy atom. The van der Waals surface area contributed by atoms with Gasteiger partial charge in [-0.25, -0.2) is 0 Å². The standard InChI is InChI=1S/C12H15NO/c1-2-13-7-6-10-4-3-5-11(9-14)12(10)8-13/h3-5,9H,2,6-8H2,1H3. The highest BCUT2D eigenvalue weighted by Gasteiger charge is 2.16. The van der Waals surface area contributed by atoms with E-state index in [0.29, 0.717) is 0 Å². The number of carbonyl (C=O) groups is 1. The number of hydrogen-bond acceptors (Lipinski definition) is 2. The molecule has 1 aliphatic heterocycles. The third-order valence-corrected chi connectivity index (χ3v) is 2.96. The number of likely N-dealkylation sites (N-methyl/N-ethyl adjacent to an activating group) is 1. The highest BCUT2D eigenvalue weighted by Crippen LogP contribution is 2.21. The zero-order valence-corrected chi connectivity index (χ0v) is 8.49. The molecule has 0 amide bonds. The first-order chi connectivity index (χ1) is 6.85. The molecule has 2 heteroatoms. The van der Waals surface area contributed by atoms with Gasteiger partial charge in [0.05, 0.1) is 0 Å². The maximum Gasteiger partial charge on any atom is 0.150 e. The average Bonchev–Trinajstić information content (AvgIpc) is 2.27. The Morgan fingerprint density at radius 2 is 2.36 bits per heavy atom. The van der Waals surface area contributed by atoms with E-state index in [-0.39, 0.29) is 0 Å². The summed E-state index contributed by atoms with van der Waals surface area (Å²) < 4.78 is 0. The Kier molecular flexibility index (Phi) is 2.64. The highest BCUT2D eigenvalue weighted by molar-refractivity contribution is 5.78. The molecule has 0 fully saturated rings. The molecular formula is C12H15NO. The summed E-state index contributed by atoms with van der Waals surface area (Å²) in [5.41, 5.74) is 3.44. The van der Waals surface area contributed by atoms with E-state index in [9.17, 15) is 4.79 Å². The van der Waals surface area contributed by atoms with Crippen LogP contribution in [-0.2, 0) is 13.0 Å². The summed E-state index contributed by atoms with van der Waals surface area (Å²) in [4.78, 5) is 13.2. The molecule has 0 unspecified atom stereocenters. The first-order valence-corrected chi connectivity index (χ1v) is 5.13. The van der Waals surface area contributed by atoms with E-state index < -0.39 is 0 Å². The number of aldehydes is 1. The lowest BCUT2D eigenvalue weighted by molar-refractivity contribution is 0.112. The van der Waals surface area contributed by atoms with Gasteiger partial charge in [0.25, 0.3) is 0 Å². The van der Waals surface area contributed by atoms with Crippen molar-refractivity contribution in [3.8, 4) is 0 Å². The van der Waals surface area contributed by atoms with Crippen molar-refractivity contribution in [1.82, 2.24) is 4.90 Å². The van der Waals surface area contributed by atoms with Gasteiger partial charge < -0.3 is 0 Å². The quantitative estimate of drug-likeness (QED) is 0.662. The van der Waals surface area contributed by atoms with Crippen LogP contribution in [0.3, 0.4) is 0 Å². The van der Waals surface area contributed by atoms with Crippen molar-refractivity contribution < 1.29 is 4.79 Å². The van der Waals surface area contributed by atoms with E-state index >= 15 is 0 Å². The Balaban J connectivity index is 2.37. The second kappa shape index (κ2) is 3.93. The van der Waals surface area contributed by atoms with Crippen LogP contribution in [0.4, 0.5) is 0 Å². The van der Waals surface area contributed by atoms with Crippen molar-refractivity contribution in [3.05, 3.63) is 34.9 Å². The van der Waals surface area contributed by atoms with Crippen LogP contribution in [0.1, 0.15) is 28.4 Å². The molecule has 0 saturated heterocycles. The summed E-state index contributed by atoms with van der Waals surface area (Å²) in [6.45, 7) is 5.27. The molecule has 1 aromatic rings. The Labute approximate surface area is 84.5 Å². The highest BCUT2D eigenvalue weighted by atomic mass is 16.1. The zero-order valence-electron chi connectivity index (χ0n) is 8.49. The molecule has 0 atom stereocenters. The monoisotopic (exact) mass is 189 g/mol. The van der Waals surface area contributed by atoms with Crippen LogP contribution in [0.5, 0.6) is 0 Å². The number of nitrogens with zero attached hydrogens (tertiary/aromatic N) is 1. The minimum Gasteiger partial charge on any atom is -0.299 e. The van der Waals surface area contributed by atoms with Crippen molar-refractivity contribution in [3.63, 3.8) is 0 Å². The molecule has 74 valence electrons. The van der Waals surface area contributed by atoms with E-state index in [2.05, 4.69) is 17.9 Å².